The van der Waals surface area contributed by atoms with Crippen LogP contribution in [0.3, 0.4) is 0 Å². The molecule has 0 aliphatic carbocycles. The van der Waals surface area contributed by atoms with Crippen LogP contribution in [0, 0.1) is 5.82 Å². The maximum atomic E-state index is 12.3. The number of carbonyl (C=O) groups is 1. The summed E-state index contributed by atoms with van der Waals surface area (Å²) < 4.78 is 18.5. The van der Waals surface area contributed by atoms with E-state index in [1.54, 1.807) is 0 Å². The Morgan fingerprint density at radius 2 is 2.10 bits per heavy atom. The molecule has 0 aliphatic rings. The fourth-order valence-electron chi connectivity index (χ4n) is 0.586. The predicted octanol–water partition coefficient (Wildman–Crippen LogP) is 1.52. The summed E-state index contributed by atoms with van der Waals surface area (Å²) in [4.78, 5) is 10.6. The summed E-state index contributed by atoms with van der Waals surface area (Å²) >= 11 is 0. The molecule has 0 spiro atoms. The molecule has 0 fully saturated rings. The van der Waals surface area contributed by atoms with Crippen LogP contribution in [-0.4, -0.2) is 11.1 Å². The molecule has 0 aromatic heterocycles. The number of benzene rings is 1. The minimum Gasteiger partial charge on any atom is -0.478 e. The largest absolute Gasteiger partial charge is 0.478 e. The van der Waals surface area contributed by atoms with Crippen LogP contribution in [0.4, 0.5) is 4.39 Å². The van der Waals surface area contributed by atoms with Gasteiger partial charge in [-0.3, -0.25) is 0 Å². The first-order valence-corrected chi connectivity index (χ1v) is 2.67. The van der Waals surface area contributed by atoms with Crippen LogP contribution >= 0.6 is 0 Å². The van der Waals surface area contributed by atoms with Crippen LogP contribution in [0.5, 0.6) is 0 Å². The Morgan fingerprint density at radius 1 is 1.50 bits per heavy atom. The maximum absolute atomic E-state index is 12.3. The van der Waals surface area contributed by atoms with E-state index in [9.17, 15) is 9.18 Å². The van der Waals surface area contributed by atoms with E-state index in [4.69, 9.17) is 1.43 Å². The van der Waals surface area contributed by atoms with Crippen LogP contribution in [-0.2, 0) is 0 Å². The highest BCUT2D eigenvalue weighted by Crippen LogP contribution is 2.01. The molecule has 0 radical (unpaired) electrons. The molecule has 10 heavy (non-hydrogen) atoms. The molecule has 2 nitrogen and oxygen atoms in total. The second kappa shape index (κ2) is 2.47. The Balaban J connectivity index is 2.90. The van der Waals surface area contributed by atoms with Gasteiger partial charge in [0, 0.05) is 0 Å². The van der Waals surface area contributed by atoms with Gasteiger partial charge >= 0.3 is 5.97 Å². The normalized spacial score (nSPS) is 10.3. The molecule has 1 aromatic carbocycles. The Labute approximate surface area is 58.4 Å². The van der Waals surface area contributed by atoms with E-state index in [2.05, 4.69) is 5.11 Å². The minimum atomic E-state index is -0.787. The molecular formula is C7H5FO2. The highest BCUT2D eigenvalue weighted by molar-refractivity contribution is 5.87. The van der Waals surface area contributed by atoms with Crippen molar-refractivity contribution in [3.05, 3.63) is 35.6 Å². The first-order valence-electron chi connectivity index (χ1n) is 3.08. The first-order chi connectivity index (χ1) is 5.24. The van der Waals surface area contributed by atoms with Gasteiger partial charge in [-0.2, -0.15) is 0 Å². The molecule has 0 amide bonds. The van der Waals surface area contributed by atoms with Crippen LogP contribution in [0.25, 0.3) is 1.43 Å². The lowest BCUT2D eigenvalue weighted by atomic mass is 10.2. The topological polar surface area (TPSA) is 37.3 Å². The molecular weight excluding hydrogens is 135 g/mol. The number of rotatable bonds is 1. The summed E-state index contributed by atoms with van der Waals surface area (Å²) in [6, 6.07) is 4.77. The van der Waals surface area contributed by atoms with Crippen molar-refractivity contribution in [3.63, 3.8) is 0 Å². The minimum absolute atomic E-state index is 0.168. The molecule has 3 heteroatoms. The van der Waals surface area contributed by atoms with E-state index in [0.717, 1.165) is 12.1 Å². The third-order valence-corrected chi connectivity index (χ3v) is 1.08. The smallest absolute Gasteiger partial charge is 0.335 e. The zero-order valence-electron chi connectivity index (χ0n) is 6.00. The molecule has 0 heterocycles. The number of hydrogen-bond donors (Lipinski definition) is 1. The van der Waals surface area contributed by atoms with Gasteiger partial charge < -0.3 is 5.11 Å². The average Bonchev–Trinajstić information content (AvgIpc) is 2.05. The summed E-state index contributed by atoms with van der Waals surface area (Å²) in [7, 11) is 0. The maximum Gasteiger partial charge on any atom is 0.335 e. The van der Waals surface area contributed by atoms with Crippen molar-refractivity contribution in [2.45, 2.75) is 0 Å². The molecule has 0 unspecified atom stereocenters. The van der Waals surface area contributed by atoms with E-state index in [0.29, 0.717) is 0 Å². The monoisotopic (exact) mass is 141 g/mol. The SMILES string of the molecule is [2H]OC(=O)c1ccc(F)cc1. The van der Waals surface area contributed by atoms with E-state index in [1.807, 2.05) is 0 Å². The Hall–Kier alpha value is -1.38. The van der Waals surface area contributed by atoms with E-state index in [1.165, 1.54) is 12.1 Å². The van der Waals surface area contributed by atoms with E-state index < -0.39 is 11.8 Å². The molecule has 0 saturated heterocycles. The van der Waals surface area contributed by atoms with Gasteiger partial charge in [-0.25, -0.2) is 9.18 Å². The summed E-state index contributed by atoms with van der Waals surface area (Å²) in [6.07, 6.45) is 0. The van der Waals surface area contributed by atoms with Crippen LogP contribution in [0.15, 0.2) is 24.3 Å². The third kappa shape index (κ3) is 1.31. The van der Waals surface area contributed by atoms with E-state index >= 15 is 0 Å². The summed E-state index contributed by atoms with van der Waals surface area (Å²) in [5.74, 6) is -1.21. The van der Waals surface area contributed by atoms with Gasteiger partial charge in [-0.15, -0.1) is 0 Å². The zero-order chi connectivity index (χ0) is 8.27. The van der Waals surface area contributed by atoms with Crippen molar-refractivity contribution in [1.29, 1.82) is 1.43 Å². The van der Waals surface area contributed by atoms with Gasteiger partial charge in [-0.1, -0.05) is 0 Å². The van der Waals surface area contributed by atoms with Gasteiger partial charge in [0.25, 0.3) is 1.43 Å². The van der Waals surface area contributed by atoms with E-state index in [-0.39, 0.29) is 5.56 Å². The van der Waals surface area contributed by atoms with Crippen LogP contribution < -0.4 is 0 Å². The fraction of sp³-hybridized carbons (Fsp3) is 0. The first kappa shape index (κ1) is 5.41. The highest BCUT2D eigenvalue weighted by atomic mass is 19.1. The van der Waals surface area contributed by atoms with Gasteiger partial charge in [0.05, 0.1) is 5.56 Å². The lowest BCUT2D eigenvalue weighted by molar-refractivity contribution is 0.0697. The Bertz CT molecular complexity index is 258. The molecule has 1 rings (SSSR count). The number of aromatic carboxylic acids is 1. The van der Waals surface area contributed by atoms with Crippen molar-refractivity contribution in [2.75, 3.05) is 0 Å². The van der Waals surface area contributed by atoms with Crippen molar-refractivity contribution >= 4 is 5.97 Å². The van der Waals surface area contributed by atoms with Gasteiger partial charge in [0.15, 0.2) is 0 Å². The molecule has 0 aliphatic heterocycles. The lowest BCUT2D eigenvalue weighted by Gasteiger charge is -1.90. The lowest BCUT2D eigenvalue weighted by Crippen LogP contribution is -1.94. The summed E-state index contributed by atoms with van der Waals surface area (Å²) in [6.45, 7) is 0. The zero-order valence-corrected chi connectivity index (χ0v) is 5.00. The average molecular weight is 141 g/mol. The fourth-order valence-corrected chi connectivity index (χ4v) is 0.586. The summed E-state index contributed by atoms with van der Waals surface area (Å²) in [5.41, 5.74) is 0.168. The summed E-state index contributed by atoms with van der Waals surface area (Å²) in [5, 5.41) is 3.66. The van der Waals surface area contributed by atoms with Crippen LogP contribution in [0.2, 0.25) is 0 Å². The van der Waals surface area contributed by atoms with Gasteiger partial charge in [0.1, 0.15) is 5.82 Å². The van der Waals surface area contributed by atoms with Gasteiger partial charge in [0.2, 0.25) is 0 Å². The number of carboxylic acid groups (broad SMARTS) is 1. The van der Waals surface area contributed by atoms with Crippen molar-refractivity contribution < 1.29 is 14.3 Å². The number of halogens is 1. The van der Waals surface area contributed by atoms with Gasteiger partial charge in [-0.05, 0) is 24.3 Å². The molecule has 1 N–H and O–H groups in total. The van der Waals surface area contributed by atoms with Crippen molar-refractivity contribution in [3.8, 4) is 0 Å². The second-order valence-corrected chi connectivity index (χ2v) is 1.79. The van der Waals surface area contributed by atoms with Crippen molar-refractivity contribution in [2.24, 2.45) is 0 Å². The standard InChI is InChI=1S/C7H5FO2/c8-6-3-1-5(2-4-6)7(9)10/h1-4H,(H,9,10)/i/hD. The second-order valence-electron chi connectivity index (χ2n) is 1.79. The predicted molar refractivity (Wildman–Crippen MR) is 33.4 cm³/mol. The Kier molecular flexibility index (Phi) is 1.34. The number of hydrogen-bond acceptors (Lipinski definition) is 2. The molecule has 0 atom stereocenters. The van der Waals surface area contributed by atoms with Crippen LogP contribution in [0.1, 0.15) is 10.4 Å². The van der Waals surface area contributed by atoms with Crippen molar-refractivity contribution in [1.82, 2.24) is 0 Å². The molecule has 52 valence electrons. The molecule has 0 saturated carbocycles. The molecule has 1 aromatic rings. The Morgan fingerprint density at radius 3 is 2.60 bits per heavy atom. The number of carboxylic acids is 1. The highest BCUT2D eigenvalue weighted by Gasteiger charge is 1.99. The quantitative estimate of drug-likeness (QED) is 0.643. The molecule has 0 bridgehead atoms. The third-order valence-electron chi connectivity index (χ3n) is 1.08.